The van der Waals surface area contributed by atoms with Crippen LogP contribution in [-0.4, -0.2) is 28.5 Å². The highest BCUT2D eigenvalue weighted by Crippen LogP contribution is 2.21. The first kappa shape index (κ1) is 14.7. The van der Waals surface area contributed by atoms with Crippen molar-refractivity contribution in [3.05, 3.63) is 59.4 Å². The topological polar surface area (TPSA) is 70.5 Å². The number of aromatic carboxylic acids is 1. The average Bonchev–Trinajstić information content (AvgIpc) is 2.50. The van der Waals surface area contributed by atoms with Gasteiger partial charge >= 0.3 is 5.97 Å². The van der Waals surface area contributed by atoms with E-state index in [0.29, 0.717) is 6.54 Å². The lowest BCUT2D eigenvalue weighted by Gasteiger charge is -2.22. The quantitative estimate of drug-likeness (QED) is 0.937. The van der Waals surface area contributed by atoms with Gasteiger partial charge in [-0.25, -0.2) is 9.78 Å². The number of carbonyl (C=O) groups is 2. The summed E-state index contributed by atoms with van der Waals surface area (Å²) in [7, 11) is 0. The summed E-state index contributed by atoms with van der Waals surface area (Å²) in [5.41, 5.74) is 1.76. The second kappa shape index (κ2) is 6.17. The maximum atomic E-state index is 12.6. The third-order valence-corrected chi connectivity index (χ3v) is 3.15. The van der Waals surface area contributed by atoms with E-state index in [1.807, 2.05) is 38.1 Å². The zero-order valence-electron chi connectivity index (χ0n) is 11.9. The van der Waals surface area contributed by atoms with Crippen LogP contribution in [0.2, 0.25) is 0 Å². The largest absolute Gasteiger partial charge is 0.477 e. The molecule has 2 rings (SSSR count). The molecule has 1 N–H and O–H groups in total. The minimum Gasteiger partial charge on any atom is -0.477 e. The summed E-state index contributed by atoms with van der Waals surface area (Å²) in [5.74, 6) is -1.46. The molecule has 0 aliphatic heterocycles. The van der Waals surface area contributed by atoms with Gasteiger partial charge in [0.15, 0.2) is 0 Å². The maximum absolute atomic E-state index is 12.6. The first-order chi connectivity index (χ1) is 10.0. The second-order valence-electron chi connectivity index (χ2n) is 4.55. The van der Waals surface area contributed by atoms with Crippen LogP contribution in [0.3, 0.4) is 0 Å². The molecule has 0 aliphatic rings. The first-order valence-electron chi connectivity index (χ1n) is 6.62. The summed E-state index contributed by atoms with van der Waals surface area (Å²) in [6.07, 6.45) is 0. The van der Waals surface area contributed by atoms with Gasteiger partial charge in [0.1, 0.15) is 11.4 Å². The number of carbonyl (C=O) groups excluding carboxylic acids is 1. The fraction of sp³-hybridized carbons (Fsp3) is 0.188. The van der Waals surface area contributed by atoms with E-state index in [4.69, 9.17) is 5.11 Å². The predicted molar refractivity (Wildman–Crippen MR) is 79.7 cm³/mol. The number of anilines is 1. The Balaban J connectivity index is 2.39. The molecule has 0 spiro atoms. The lowest BCUT2D eigenvalue weighted by atomic mass is 10.1. The second-order valence-corrected chi connectivity index (χ2v) is 4.55. The number of para-hydroxylation sites is 1. The van der Waals surface area contributed by atoms with E-state index in [9.17, 15) is 9.59 Å². The van der Waals surface area contributed by atoms with E-state index in [0.717, 1.165) is 11.3 Å². The Kier molecular flexibility index (Phi) is 4.33. The first-order valence-corrected chi connectivity index (χ1v) is 6.62. The number of aromatic nitrogens is 1. The molecule has 5 heteroatoms. The number of hydrogen-bond acceptors (Lipinski definition) is 3. The van der Waals surface area contributed by atoms with Crippen molar-refractivity contribution >= 4 is 17.6 Å². The molecule has 0 fully saturated rings. The Labute approximate surface area is 122 Å². The van der Waals surface area contributed by atoms with E-state index in [-0.39, 0.29) is 17.3 Å². The monoisotopic (exact) mass is 284 g/mol. The molecule has 0 atom stereocenters. The highest BCUT2D eigenvalue weighted by atomic mass is 16.4. The van der Waals surface area contributed by atoms with Gasteiger partial charge in [-0.05, 0) is 37.6 Å². The Hall–Kier alpha value is -2.69. The van der Waals surface area contributed by atoms with Crippen LogP contribution in [0.15, 0.2) is 42.5 Å². The van der Waals surface area contributed by atoms with Crippen LogP contribution in [-0.2, 0) is 0 Å². The van der Waals surface area contributed by atoms with Crippen molar-refractivity contribution in [2.75, 3.05) is 11.4 Å². The third-order valence-electron chi connectivity index (χ3n) is 3.15. The van der Waals surface area contributed by atoms with Crippen molar-refractivity contribution in [1.82, 2.24) is 4.98 Å². The summed E-state index contributed by atoms with van der Waals surface area (Å²) in [6.45, 7) is 4.26. The van der Waals surface area contributed by atoms with Gasteiger partial charge < -0.3 is 10.0 Å². The predicted octanol–water partition coefficient (Wildman–Crippen LogP) is 2.75. The smallest absolute Gasteiger partial charge is 0.354 e. The fourth-order valence-electron chi connectivity index (χ4n) is 2.10. The van der Waals surface area contributed by atoms with Gasteiger partial charge in [-0.2, -0.15) is 0 Å². The summed E-state index contributed by atoms with van der Waals surface area (Å²) in [4.78, 5) is 29.0. The van der Waals surface area contributed by atoms with Crippen LogP contribution in [0.25, 0.3) is 0 Å². The van der Waals surface area contributed by atoms with Crippen molar-refractivity contribution in [2.24, 2.45) is 0 Å². The maximum Gasteiger partial charge on any atom is 0.354 e. The zero-order chi connectivity index (χ0) is 15.4. The van der Waals surface area contributed by atoms with Gasteiger partial charge in [0, 0.05) is 12.2 Å². The van der Waals surface area contributed by atoms with Crippen LogP contribution >= 0.6 is 0 Å². The molecule has 5 nitrogen and oxygen atoms in total. The molecule has 0 saturated heterocycles. The molecule has 108 valence electrons. The number of carboxylic acids is 1. The van der Waals surface area contributed by atoms with E-state index < -0.39 is 5.97 Å². The van der Waals surface area contributed by atoms with E-state index in [1.165, 1.54) is 18.2 Å². The van der Waals surface area contributed by atoms with Gasteiger partial charge in [0.05, 0.1) is 0 Å². The highest BCUT2D eigenvalue weighted by molar-refractivity contribution is 6.05. The molecule has 0 aliphatic carbocycles. The average molecular weight is 284 g/mol. The van der Waals surface area contributed by atoms with E-state index in [1.54, 1.807) is 4.90 Å². The normalized spacial score (nSPS) is 10.2. The van der Waals surface area contributed by atoms with E-state index in [2.05, 4.69) is 4.98 Å². The number of amides is 1. The van der Waals surface area contributed by atoms with Gasteiger partial charge in [0.25, 0.3) is 5.91 Å². The Morgan fingerprint density at radius 1 is 1.10 bits per heavy atom. The number of rotatable bonds is 4. The highest BCUT2D eigenvalue weighted by Gasteiger charge is 2.19. The third kappa shape index (κ3) is 3.08. The van der Waals surface area contributed by atoms with Crippen LogP contribution in [0.5, 0.6) is 0 Å². The minimum atomic E-state index is -1.15. The van der Waals surface area contributed by atoms with Crippen LogP contribution in [0.1, 0.15) is 33.5 Å². The minimum absolute atomic E-state index is 0.125. The number of pyridine rings is 1. The standard InChI is InChI=1S/C16H16N2O3/c1-3-18(14-10-5-4-7-11(14)2)15(19)12-8-6-9-13(17-12)16(20)21/h4-10H,3H2,1-2H3,(H,20,21). The number of nitrogens with zero attached hydrogens (tertiary/aromatic N) is 2. The molecule has 1 aromatic carbocycles. The van der Waals surface area contributed by atoms with Gasteiger partial charge in [-0.3, -0.25) is 4.79 Å². The van der Waals surface area contributed by atoms with E-state index >= 15 is 0 Å². The van der Waals surface area contributed by atoms with Crippen molar-refractivity contribution < 1.29 is 14.7 Å². The molecule has 1 amide bonds. The SMILES string of the molecule is CCN(C(=O)c1cccc(C(=O)O)n1)c1ccccc1C. The number of aryl methyl sites for hydroxylation is 1. The molecule has 0 radical (unpaired) electrons. The summed E-state index contributed by atoms with van der Waals surface area (Å²) in [6, 6.07) is 12.0. The Morgan fingerprint density at radius 2 is 1.76 bits per heavy atom. The van der Waals surface area contributed by atoms with Crippen molar-refractivity contribution in [2.45, 2.75) is 13.8 Å². The molecule has 2 aromatic rings. The fourth-order valence-corrected chi connectivity index (χ4v) is 2.10. The molecule has 0 saturated carbocycles. The molecule has 21 heavy (non-hydrogen) atoms. The Bertz CT molecular complexity index is 683. The van der Waals surface area contributed by atoms with Crippen molar-refractivity contribution in [3.63, 3.8) is 0 Å². The molecule has 0 unspecified atom stereocenters. The van der Waals surface area contributed by atoms with Crippen molar-refractivity contribution in [3.8, 4) is 0 Å². The zero-order valence-corrected chi connectivity index (χ0v) is 11.9. The van der Waals surface area contributed by atoms with Crippen LogP contribution < -0.4 is 4.90 Å². The summed E-state index contributed by atoms with van der Waals surface area (Å²) < 4.78 is 0. The Morgan fingerprint density at radius 3 is 2.38 bits per heavy atom. The molecule has 1 aromatic heterocycles. The van der Waals surface area contributed by atoms with Gasteiger partial charge in [0.2, 0.25) is 0 Å². The number of hydrogen-bond donors (Lipinski definition) is 1. The summed E-state index contributed by atoms with van der Waals surface area (Å²) >= 11 is 0. The molecule has 0 bridgehead atoms. The molecular formula is C16H16N2O3. The molecular weight excluding hydrogens is 268 g/mol. The van der Waals surface area contributed by atoms with Crippen LogP contribution in [0.4, 0.5) is 5.69 Å². The summed E-state index contributed by atoms with van der Waals surface area (Å²) in [5, 5.41) is 8.96. The van der Waals surface area contributed by atoms with Gasteiger partial charge in [-0.15, -0.1) is 0 Å². The lowest BCUT2D eigenvalue weighted by molar-refractivity contribution is 0.0690. The van der Waals surface area contributed by atoms with Gasteiger partial charge in [-0.1, -0.05) is 24.3 Å². The van der Waals surface area contributed by atoms with Crippen LogP contribution in [0, 0.1) is 6.92 Å². The number of carboxylic acid groups (broad SMARTS) is 1. The molecule has 1 heterocycles. The van der Waals surface area contributed by atoms with Crippen molar-refractivity contribution in [1.29, 1.82) is 0 Å². The number of benzene rings is 1. The lowest BCUT2D eigenvalue weighted by Crippen LogP contribution is -2.32.